The average molecular weight is 319 g/mol. The fourth-order valence-electron chi connectivity index (χ4n) is 1.23. The van der Waals surface area contributed by atoms with Crippen molar-refractivity contribution in [2.45, 2.75) is 18.5 Å². The summed E-state index contributed by atoms with van der Waals surface area (Å²) in [5.41, 5.74) is 0.578. The largest absolute Gasteiger partial charge is 0.439 e. The van der Waals surface area contributed by atoms with E-state index in [9.17, 15) is 26.3 Å². The maximum Gasteiger partial charge on any atom is 0.439 e. The molecule has 0 N–H and O–H groups in total. The minimum Gasteiger partial charge on any atom is -0.430 e. The average Bonchev–Trinajstić information content (AvgIpc) is 2.35. The summed E-state index contributed by atoms with van der Waals surface area (Å²) in [7, 11) is 0. The summed E-state index contributed by atoms with van der Waals surface area (Å²) in [5, 5.41) is 0. The van der Waals surface area contributed by atoms with Crippen molar-refractivity contribution in [3.05, 3.63) is 35.9 Å². The monoisotopic (exact) mass is 318 g/mol. The van der Waals surface area contributed by atoms with Crippen LogP contribution in [0.15, 0.2) is 30.3 Å². The van der Waals surface area contributed by atoms with Crippen LogP contribution in [0.5, 0.6) is 5.75 Å². The van der Waals surface area contributed by atoms with Gasteiger partial charge in [-0.15, -0.1) is 11.6 Å². The lowest BCUT2D eigenvalue weighted by molar-refractivity contribution is -0.304. The maximum absolute atomic E-state index is 13.0. The molecule has 1 nitrogen and oxygen atoms in total. The first-order chi connectivity index (χ1) is 9.16. The molecule has 1 aromatic carbocycles. The SMILES string of the molecule is F[C@H](C(F)(F)F)C(F)(F)Oc1ccc(C=CCCl)cc1. The third-order valence-corrected chi connectivity index (χ3v) is 2.29. The van der Waals surface area contributed by atoms with E-state index in [4.69, 9.17) is 11.6 Å². The molecule has 0 heterocycles. The Morgan fingerprint density at radius 1 is 1.10 bits per heavy atom. The van der Waals surface area contributed by atoms with Gasteiger partial charge >= 0.3 is 12.3 Å². The van der Waals surface area contributed by atoms with Crippen LogP contribution in [0.25, 0.3) is 6.08 Å². The molecule has 1 atom stereocenters. The number of hydrogen-bond acceptors (Lipinski definition) is 1. The van der Waals surface area contributed by atoms with E-state index in [1.165, 1.54) is 12.1 Å². The summed E-state index contributed by atoms with van der Waals surface area (Å²) >= 11 is 5.39. The zero-order valence-corrected chi connectivity index (χ0v) is 10.6. The lowest BCUT2D eigenvalue weighted by Gasteiger charge is -2.23. The van der Waals surface area contributed by atoms with Crippen LogP contribution >= 0.6 is 11.6 Å². The highest BCUT2D eigenvalue weighted by atomic mass is 35.5. The van der Waals surface area contributed by atoms with E-state index in [2.05, 4.69) is 4.74 Å². The van der Waals surface area contributed by atoms with Gasteiger partial charge in [0.1, 0.15) is 5.75 Å². The molecule has 1 rings (SSSR count). The second-order valence-electron chi connectivity index (χ2n) is 3.69. The minimum atomic E-state index is -5.70. The van der Waals surface area contributed by atoms with E-state index >= 15 is 0 Å². The predicted octanol–water partition coefficient (Wildman–Crippen LogP) is 4.81. The van der Waals surface area contributed by atoms with Gasteiger partial charge in [-0.1, -0.05) is 24.3 Å². The van der Waals surface area contributed by atoms with E-state index in [-0.39, 0.29) is 5.88 Å². The van der Waals surface area contributed by atoms with Gasteiger partial charge in [-0.05, 0) is 17.7 Å². The number of ether oxygens (including phenoxy) is 1. The second-order valence-corrected chi connectivity index (χ2v) is 4.00. The van der Waals surface area contributed by atoms with Crippen molar-refractivity contribution in [2.75, 3.05) is 5.88 Å². The van der Waals surface area contributed by atoms with E-state index < -0.39 is 24.2 Å². The van der Waals surface area contributed by atoms with Crippen molar-refractivity contribution in [1.82, 2.24) is 0 Å². The quantitative estimate of drug-likeness (QED) is 0.559. The third kappa shape index (κ3) is 4.63. The van der Waals surface area contributed by atoms with Crippen LogP contribution in [0, 0.1) is 0 Å². The highest BCUT2D eigenvalue weighted by Crippen LogP contribution is 2.36. The molecular formula is C12H9ClF6O. The summed E-state index contributed by atoms with van der Waals surface area (Å²) in [6, 6.07) is 4.64. The number of rotatable bonds is 5. The van der Waals surface area contributed by atoms with Crippen LogP contribution in [-0.2, 0) is 0 Å². The molecule has 0 aliphatic rings. The molecule has 0 saturated heterocycles. The molecule has 0 bridgehead atoms. The van der Waals surface area contributed by atoms with Gasteiger partial charge in [-0.25, -0.2) is 4.39 Å². The topological polar surface area (TPSA) is 9.23 Å². The van der Waals surface area contributed by atoms with Crippen LogP contribution in [0.1, 0.15) is 5.56 Å². The van der Waals surface area contributed by atoms with Crippen molar-refractivity contribution in [2.24, 2.45) is 0 Å². The molecule has 1 aromatic rings. The number of halogens is 7. The summed E-state index contributed by atoms with van der Waals surface area (Å²) in [4.78, 5) is 0. The lowest BCUT2D eigenvalue weighted by atomic mass is 10.2. The number of benzene rings is 1. The zero-order chi connectivity index (χ0) is 15.4. The Labute approximate surface area is 115 Å². The highest BCUT2D eigenvalue weighted by Gasteiger charge is 2.59. The predicted molar refractivity (Wildman–Crippen MR) is 62.7 cm³/mol. The standard InChI is InChI=1S/C12H9ClF6O/c13-7-1-2-8-3-5-9(6-4-8)20-12(18,19)10(14)11(15,16)17/h1-6,10H,7H2/t10-/m1/s1. The van der Waals surface area contributed by atoms with Crippen LogP contribution in [-0.4, -0.2) is 24.3 Å². The first-order valence-corrected chi connectivity index (χ1v) is 5.80. The Balaban J connectivity index is 2.80. The first-order valence-electron chi connectivity index (χ1n) is 5.27. The van der Waals surface area contributed by atoms with Gasteiger partial charge < -0.3 is 4.74 Å². The Bertz CT molecular complexity index is 454. The van der Waals surface area contributed by atoms with Crippen LogP contribution in [0.3, 0.4) is 0 Å². The Kier molecular flexibility index (Phi) is 5.33. The minimum absolute atomic E-state index is 0.242. The third-order valence-electron chi connectivity index (χ3n) is 2.12. The lowest BCUT2D eigenvalue weighted by Crippen LogP contribution is -2.45. The van der Waals surface area contributed by atoms with Crippen molar-refractivity contribution < 1.29 is 31.1 Å². The van der Waals surface area contributed by atoms with Gasteiger partial charge in [0, 0.05) is 5.88 Å². The molecule has 0 amide bonds. The van der Waals surface area contributed by atoms with E-state index in [1.54, 1.807) is 12.2 Å². The molecule has 0 unspecified atom stereocenters. The number of hydrogen-bond donors (Lipinski definition) is 0. The molecular weight excluding hydrogens is 310 g/mol. The first kappa shape index (κ1) is 16.7. The molecule has 0 radical (unpaired) electrons. The summed E-state index contributed by atoms with van der Waals surface area (Å²) in [6.07, 6.45) is -11.9. The Morgan fingerprint density at radius 3 is 2.10 bits per heavy atom. The van der Waals surface area contributed by atoms with Crippen molar-refractivity contribution in [1.29, 1.82) is 0 Å². The van der Waals surface area contributed by atoms with E-state index in [0.29, 0.717) is 5.56 Å². The molecule has 0 saturated carbocycles. The molecule has 8 heteroatoms. The molecule has 0 aliphatic heterocycles. The molecule has 112 valence electrons. The van der Waals surface area contributed by atoms with Gasteiger partial charge in [0.25, 0.3) is 6.17 Å². The summed E-state index contributed by atoms with van der Waals surface area (Å²) < 4.78 is 78.0. The van der Waals surface area contributed by atoms with Crippen molar-refractivity contribution in [3.8, 4) is 5.75 Å². The molecule has 0 aliphatic carbocycles. The van der Waals surface area contributed by atoms with Crippen molar-refractivity contribution in [3.63, 3.8) is 0 Å². The van der Waals surface area contributed by atoms with Gasteiger partial charge in [-0.2, -0.15) is 22.0 Å². The molecule has 0 fully saturated rings. The van der Waals surface area contributed by atoms with Crippen molar-refractivity contribution >= 4 is 17.7 Å². The van der Waals surface area contributed by atoms with Crippen LogP contribution in [0.2, 0.25) is 0 Å². The Morgan fingerprint density at radius 2 is 1.65 bits per heavy atom. The van der Waals surface area contributed by atoms with Gasteiger partial charge in [0.2, 0.25) is 0 Å². The number of alkyl halides is 7. The highest BCUT2D eigenvalue weighted by molar-refractivity contribution is 6.19. The van der Waals surface area contributed by atoms with Gasteiger partial charge in [0.15, 0.2) is 0 Å². The van der Waals surface area contributed by atoms with Gasteiger partial charge in [-0.3, -0.25) is 0 Å². The summed E-state index contributed by atoms with van der Waals surface area (Å²) in [5.74, 6) is -0.337. The molecule has 20 heavy (non-hydrogen) atoms. The fourth-order valence-corrected chi connectivity index (χ4v) is 1.32. The van der Waals surface area contributed by atoms with Crippen LogP contribution < -0.4 is 4.74 Å². The summed E-state index contributed by atoms with van der Waals surface area (Å²) in [6.45, 7) is 0. The van der Waals surface area contributed by atoms with Gasteiger partial charge in [0.05, 0.1) is 0 Å². The smallest absolute Gasteiger partial charge is 0.430 e. The van der Waals surface area contributed by atoms with Crippen LogP contribution in [0.4, 0.5) is 26.3 Å². The normalized spacial score (nSPS) is 14.6. The second kappa shape index (κ2) is 6.39. The fraction of sp³-hybridized carbons (Fsp3) is 0.333. The number of allylic oxidation sites excluding steroid dienone is 1. The Hall–Kier alpha value is -1.37. The zero-order valence-electron chi connectivity index (χ0n) is 9.80. The molecule has 0 aromatic heterocycles. The molecule has 0 spiro atoms. The van der Waals surface area contributed by atoms with E-state index in [1.807, 2.05) is 0 Å². The van der Waals surface area contributed by atoms with E-state index in [0.717, 1.165) is 12.1 Å². The maximum atomic E-state index is 13.0.